The lowest BCUT2D eigenvalue weighted by Crippen LogP contribution is -2.42. The third kappa shape index (κ3) is 4.30. The molecule has 0 unspecified atom stereocenters. The van der Waals surface area contributed by atoms with E-state index in [2.05, 4.69) is 5.32 Å². The van der Waals surface area contributed by atoms with Crippen LogP contribution in [0.4, 0.5) is 5.69 Å². The van der Waals surface area contributed by atoms with Crippen LogP contribution in [0, 0.1) is 0 Å². The van der Waals surface area contributed by atoms with Gasteiger partial charge in [0, 0.05) is 30.9 Å². The monoisotopic (exact) mass is 392 g/mol. The van der Waals surface area contributed by atoms with Crippen LogP contribution in [-0.4, -0.2) is 53.7 Å². The van der Waals surface area contributed by atoms with Gasteiger partial charge in [0.1, 0.15) is 6.54 Å². The summed E-state index contributed by atoms with van der Waals surface area (Å²) in [5.74, 6) is -0.664. The number of nitrogens with two attached hydrogens (primary N) is 1. The molecule has 7 heteroatoms. The molecule has 150 valence electrons. The van der Waals surface area contributed by atoms with Gasteiger partial charge >= 0.3 is 0 Å². The predicted molar refractivity (Wildman–Crippen MR) is 109 cm³/mol. The Morgan fingerprint density at radius 3 is 2.59 bits per heavy atom. The number of anilines is 1. The van der Waals surface area contributed by atoms with Crippen molar-refractivity contribution in [1.29, 1.82) is 0 Å². The molecule has 2 aromatic carbocycles. The van der Waals surface area contributed by atoms with Crippen molar-refractivity contribution in [1.82, 2.24) is 9.80 Å². The van der Waals surface area contributed by atoms with Crippen LogP contribution in [0.5, 0.6) is 0 Å². The summed E-state index contributed by atoms with van der Waals surface area (Å²) in [4.78, 5) is 39.9. The first kappa shape index (κ1) is 19.1. The molecule has 0 aromatic heterocycles. The van der Waals surface area contributed by atoms with Crippen molar-refractivity contribution in [3.05, 3.63) is 64.7 Å². The second kappa shape index (κ2) is 8.05. The smallest absolute Gasteiger partial charge is 0.254 e. The first-order chi connectivity index (χ1) is 14.0. The number of hydrogen-bond acceptors (Lipinski definition) is 4. The van der Waals surface area contributed by atoms with Gasteiger partial charge in [0.25, 0.3) is 5.91 Å². The lowest BCUT2D eigenvalue weighted by Gasteiger charge is -2.29. The summed E-state index contributed by atoms with van der Waals surface area (Å²) in [6.07, 6.45) is 1.60. The van der Waals surface area contributed by atoms with Gasteiger partial charge in [-0.15, -0.1) is 0 Å². The summed E-state index contributed by atoms with van der Waals surface area (Å²) in [6, 6.07) is 13.4. The summed E-state index contributed by atoms with van der Waals surface area (Å²) >= 11 is 0. The van der Waals surface area contributed by atoms with Gasteiger partial charge in [0.15, 0.2) is 0 Å². The highest BCUT2D eigenvalue weighted by atomic mass is 16.2. The Balaban J connectivity index is 1.39. The molecule has 0 aliphatic carbocycles. The molecule has 2 heterocycles. The molecule has 29 heavy (non-hydrogen) atoms. The molecule has 2 aromatic rings. The quantitative estimate of drug-likeness (QED) is 0.798. The summed E-state index contributed by atoms with van der Waals surface area (Å²) in [6.45, 7) is 2.21. The van der Waals surface area contributed by atoms with Gasteiger partial charge in [-0.3, -0.25) is 19.3 Å². The Bertz CT molecular complexity index is 972. The number of benzene rings is 2. The largest absolute Gasteiger partial charge is 0.369 e. The number of nitrogens with one attached hydrogen (secondary N) is 1. The molecule has 0 atom stereocenters. The van der Waals surface area contributed by atoms with Crippen LogP contribution >= 0.6 is 0 Å². The van der Waals surface area contributed by atoms with E-state index in [9.17, 15) is 14.4 Å². The summed E-state index contributed by atoms with van der Waals surface area (Å²) < 4.78 is 0. The average molecular weight is 392 g/mol. The van der Waals surface area contributed by atoms with E-state index < -0.39 is 0 Å². The Hall–Kier alpha value is -3.19. The van der Waals surface area contributed by atoms with Crippen molar-refractivity contribution in [2.45, 2.75) is 19.4 Å². The third-order valence-electron chi connectivity index (χ3n) is 5.48. The molecule has 2 aliphatic heterocycles. The highest BCUT2D eigenvalue weighted by Gasteiger charge is 2.25. The third-order valence-corrected chi connectivity index (χ3v) is 5.48. The zero-order valence-corrected chi connectivity index (χ0v) is 16.2. The first-order valence-corrected chi connectivity index (χ1v) is 9.79. The number of carbonyl (C=O) groups excluding carboxylic acids is 3. The fourth-order valence-corrected chi connectivity index (χ4v) is 4.05. The van der Waals surface area contributed by atoms with Crippen molar-refractivity contribution in [3.63, 3.8) is 0 Å². The molecule has 0 fully saturated rings. The second-order valence-corrected chi connectivity index (χ2v) is 7.59. The first-order valence-electron chi connectivity index (χ1n) is 9.79. The fraction of sp³-hybridized carbons (Fsp3) is 0.318. The van der Waals surface area contributed by atoms with E-state index in [1.807, 2.05) is 47.4 Å². The standard InChI is InChI=1S/C22H24N4O3/c23-20(27)13-25-9-7-15-5-6-18(11-17(15)12-25)24-21(28)14-26-10-8-16-3-1-2-4-19(16)22(26)29/h1-6,11H,7-10,12-14H2,(H2,23,27)(H,24,28). The van der Waals surface area contributed by atoms with Crippen LogP contribution < -0.4 is 11.1 Å². The van der Waals surface area contributed by atoms with Crippen molar-refractivity contribution >= 4 is 23.4 Å². The van der Waals surface area contributed by atoms with Crippen molar-refractivity contribution < 1.29 is 14.4 Å². The number of rotatable bonds is 5. The van der Waals surface area contributed by atoms with Crippen LogP contribution in [0.25, 0.3) is 0 Å². The Morgan fingerprint density at radius 2 is 1.76 bits per heavy atom. The Labute approximate surface area is 169 Å². The lowest BCUT2D eigenvalue weighted by atomic mass is 9.98. The van der Waals surface area contributed by atoms with Gasteiger partial charge < -0.3 is 16.0 Å². The SMILES string of the molecule is NC(=O)CN1CCc2ccc(NC(=O)CN3CCc4ccccc4C3=O)cc2C1. The zero-order valence-electron chi connectivity index (χ0n) is 16.2. The van der Waals surface area contributed by atoms with E-state index in [1.54, 1.807) is 4.90 Å². The number of nitrogens with zero attached hydrogens (tertiary/aromatic N) is 2. The highest BCUT2D eigenvalue weighted by Crippen LogP contribution is 2.23. The van der Waals surface area contributed by atoms with E-state index >= 15 is 0 Å². The Kier molecular flexibility index (Phi) is 5.31. The minimum absolute atomic E-state index is 0.0258. The zero-order chi connectivity index (χ0) is 20.4. The molecule has 0 bridgehead atoms. The van der Waals surface area contributed by atoms with Crippen LogP contribution in [0.3, 0.4) is 0 Å². The molecule has 3 N–H and O–H groups in total. The van der Waals surface area contributed by atoms with Crippen molar-refractivity contribution in [2.75, 3.05) is 31.5 Å². The summed E-state index contributed by atoms with van der Waals surface area (Å²) in [5.41, 5.74) is 10.00. The minimum Gasteiger partial charge on any atom is -0.369 e. The molecular formula is C22H24N4O3. The molecule has 0 radical (unpaired) electrons. The van der Waals surface area contributed by atoms with Gasteiger partial charge in [-0.25, -0.2) is 0 Å². The maximum absolute atomic E-state index is 12.6. The van der Waals surface area contributed by atoms with Crippen LogP contribution in [-0.2, 0) is 29.0 Å². The summed E-state index contributed by atoms with van der Waals surface area (Å²) in [5, 5.41) is 2.90. The van der Waals surface area contributed by atoms with E-state index in [-0.39, 0.29) is 30.8 Å². The number of fused-ring (bicyclic) bond motifs is 2. The normalized spacial score (nSPS) is 16.1. The second-order valence-electron chi connectivity index (χ2n) is 7.59. The maximum atomic E-state index is 12.6. The van der Waals surface area contributed by atoms with Crippen molar-refractivity contribution in [3.8, 4) is 0 Å². The van der Waals surface area contributed by atoms with Gasteiger partial charge in [0.05, 0.1) is 6.54 Å². The topological polar surface area (TPSA) is 95.7 Å². The minimum atomic E-state index is -0.342. The van der Waals surface area contributed by atoms with E-state index in [0.717, 1.165) is 30.5 Å². The highest BCUT2D eigenvalue weighted by molar-refractivity contribution is 6.00. The van der Waals surface area contributed by atoms with Crippen LogP contribution in [0.15, 0.2) is 42.5 Å². The molecule has 4 rings (SSSR count). The Morgan fingerprint density at radius 1 is 0.966 bits per heavy atom. The van der Waals surface area contributed by atoms with Crippen molar-refractivity contribution in [2.24, 2.45) is 5.73 Å². The van der Waals surface area contributed by atoms with Gasteiger partial charge in [0.2, 0.25) is 11.8 Å². The van der Waals surface area contributed by atoms with E-state index in [0.29, 0.717) is 24.3 Å². The van der Waals surface area contributed by atoms with Gasteiger partial charge in [-0.1, -0.05) is 24.3 Å². The fourth-order valence-electron chi connectivity index (χ4n) is 4.05. The maximum Gasteiger partial charge on any atom is 0.254 e. The molecule has 3 amide bonds. The van der Waals surface area contributed by atoms with E-state index in [1.165, 1.54) is 5.56 Å². The van der Waals surface area contributed by atoms with Crippen LogP contribution in [0.2, 0.25) is 0 Å². The lowest BCUT2D eigenvalue weighted by molar-refractivity contribution is -0.119. The van der Waals surface area contributed by atoms with Gasteiger partial charge in [-0.2, -0.15) is 0 Å². The van der Waals surface area contributed by atoms with Gasteiger partial charge in [-0.05, 0) is 47.7 Å². The molecule has 0 spiro atoms. The number of hydrogen-bond donors (Lipinski definition) is 2. The molecule has 0 saturated carbocycles. The predicted octanol–water partition coefficient (Wildman–Crippen LogP) is 1.17. The number of amides is 3. The molecule has 2 aliphatic rings. The number of primary amides is 1. The van der Waals surface area contributed by atoms with Crippen LogP contribution in [0.1, 0.15) is 27.0 Å². The molecular weight excluding hydrogens is 368 g/mol. The van der Waals surface area contributed by atoms with E-state index in [4.69, 9.17) is 5.73 Å². The summed E-state index contributed by atoms with van der Waals surface area (Å²) in [7, 11) is 0. The average Bonchev–Trinajstić information content (AvgIpc) is 2.69. The molecule has 7 nitrogen and oxygen atoms in total. The molecule has 0 saturated heterocycles. The number of carbonyl (C=O) groups is 3.